The third-order valence-electron chi connectivity index (χ3n) is 5.02. The van der Waals surface area contributed by atoms with Crippen molar-refractivity contribution in [3.05, 3.63) is 59.5 Å². The van der Waals surface area contributed by atoms with Gasteiger partial charge in [-0.15, -0.1) is 5.10 Å². The van der Waals surface area contributed by atoms with Gasteiger partial charge in [0, 0.05) is 30.5 Å². The molecule has 0 saturated carbocycles. The molecule has 2 aromatic carbocycles. The Hall–Kier alpha value is -3.55. The molecule has 5 rings (SSSR count). The Labute approximate surface area is 153 Å². The molecule has 1 amide bonds. The molecule has 0 saturated heterocycles. The highest BCUT2D eigenvalue weighted by molar-refractivity contribution is 6.04. The smallest absolute Gasteiger partial charge is 0.225 e. The predicted molar refractivity (Wildman–Crippen MR) is 97.6 cm³/mol. The molecular weight excluding hydrogens is 347 g/mol. The van der Waals surface area contributed by atoms with Gasteiger partial charge in [-0.2, -0.15) is 5.10 Å². The van der Waals surface area contributed by atoms with Crippen LogP contribution in [0.5, 0.6) is 0 Å². The second kappa shape index (κ2) is 5.73. The van der Waals surface area contributed by atoms with Gasteiger partial charge in [-0.25, -0.2) is 9.07 Å². The molecule has 2 N–H and O–H groups in total. The minimum atomic E-state index is -0.299. The van der Waals surface area contributed by atoms with Crippen molar-refractivity contribution in [1.29, 1.82) is 0 Å². The Bertz CT molecular complexity index is 1180. The average molecular weight is 362 g/mol. The molecule has 0 fully saturated rings. The Morgan fingerprint density at radius 1 is 1.15 bits per heavy atom. The number of hydrogen-bond acceptors (Lipinski definition) is 4. The van der Waals surface area contributed by atoms with E-state index >= 15 is 0 Å². The second-order valence-corrected chi connectivity index (χ2v) is 6.62. The van der Waals surface area contributed by atoms with E-state index in [4.69, 9.17) is 0 Å². The van der Waals surface area contributed by atoms with Crippen molar-refractivity contribution in [2.75, 3.05) is 5.32 Å². The molecule has 1 aliphatic rings. The van der Waals surface area contributed by atoms with Crippen LogP contribution < -0.4 is 5.32 Å². The maximum absolute atomic E-state index is 13.3. The molecule has 0 spiro atoms. The van der Waals surface area contributed by atoms with E-state index < -0.39 is 0 Å². The fourth-order valence-electron chi connectivity index (χ4n) is 3.71. The fraction of sp³-hybridized carbons (Fsp3) is 0.158. The molecule has 0 bridgehead atoms. The highest BCUT2D eigenvalue weighted by Crippen LogP contribution is 2.42. The molecule has 8 heteroatoms. The van der Waals surface area contributed by atoms with Gasteiger partial charge in [0.25, 0.3) is 0 Å². The number of carbonyl (C=O) groups excluding carboxylic acids is 1. The summed E-state index contributed by atoms with van der Waals surface area (Å²) in [4.78, 5) is 12.4. The van der Waals surface area contributed by atoms with Gasteiger partial charge in [-0.05, 0) is 35.9 Å². The lowest BCUT2D eigenvalue weighted by molar-refractivity contribution is -0.116. The Kier molecular flexibility index (Phi) is 3.33. The van der Waals surface area contributed by atoms with Crippen molar-refractivity contribution in [2.45, 2.75) is 12.3 Å². The van der Waals surface area contributed by atoms with Gasteiger partial charge >= 0.3 is 0 Å². The highest BCUT2D eigenvalue weighted by Gasteiger charge is 2.31. The van der Waals surface area contributed by atoms with Crippen LogP contribution in [0.3, 0.4) is 0 Å². The van der Waals surface area contributed by atoms with Crippen molar-refractivity contribution in [1.82, 2.24) is 25.2 Å². The summed E-state index contributed by atoms with van der Waals surface area (Å²) in [6, 6.07) is 10.2. The van der Waals surface area contributed by atoms with Crippen LogP contribution in [0.15, 0.2) is 42.6 Å². The molecule has 134 valence electrons. The molecule has 4 aromatic rings. The predicted octanol–water partition coefficient (Wildman–Crippen LogP) is 2.97. The van der Waals surface area contributed by atoms with Gasteiger partial charge in [0.1, 0.15) is 11.3 Å². The van der Waals surface area contributed by atoms with Crippen molar-refractivity contribution in [3.63, 3.8) is 0 Å². The lowest BCUT2D eigenvalue weighted by Crippen LogP contribution is -2.24. The summed E-state index contributed by atoms with van der Waals surface area (Å²) in [6.07, 6.45) is 2.03. The number of carbonyl (C=O) groups is 1. The molecule has 1 unspecified atom stereocenters. The highest BCUT2D eigenvalue weighted by atomic mass is 19.1. The summed E-state index contributed by atoms with van der Waals surface area (Å²) < 4.78 is 15.0. The Morgan fingerprint density at radius 3 is 2.78 bits per heavy atom. The van der Waals surface area contributed by atoms with E-state index in [2.05, 4.69) is 25.8 Å². The quantitative estimate of drug-likeness (QED) is 0.574. The lowest BCUT2D eigenvalue weighted by atomic mass is 9.83. The molecule has 3 heterocycles. The number of H-pyrrole nitrogens is 1. The molecule has 1 atom stereocenters. The molecule has 0 radical (unpaired) electrons. The van der Waals surface area contributed by atoms with E-state index in [-0.39, 0.29) is 17.6 Å². The van der Waals surface area contributed by atoms with Crippen molar-refractivity contribution < 1.29 is 9.18 Å². The number of amides is 1. The van der Waals surface area contributed by atoms with Gasteiger partial charge in [0.2, 0.25) is 5.91 Å². The molecular formula is C19H15FN6O. The number of anilines is 1. The van der Waals surface area contributed by atoms with Gasteiger partial charge in [0.05, 0.1) is 23.1 Å². The van der Waals surface area contributed by atoms with Crippen LogP contribution in [0.1, 0.15) is 23.5 Å². The number of nitrogens with one attached hydrogen (secondary N) is 2. The van der Waals surface area contributed by atoms with E-state index in [9.17, 15) is 9.18 Å². The minimum absolute atomic E-state index is 0.0862. The SMILES string of the molecule is Cn1nnc2c3c(ccc21)C(c1cn[nH]c1-c1ccc(F)cc1)CC(=O)N3. The first-order chi connectivity index (χ1) is 13.1. The number of halogens is 1. The van der Waals surface area contributed by atoms with Crippen LogP contribution >= 0.6 is 0 Å². The molecule has 1 aliphatic heterocycles. The zero-order valence-electron chi connectivity index (χ0n) is 14.4. The number of rotatable bonds is 2. The summed E-state index contributed by atoms with van der Waals surface area (Å²) >= 11 is 0. The Balaban J connectivity index is 1.68. The summed E-state index contributed by atoms with van der Waals surface area (Å²) in [7, 11) is 1.81. The molecule has 0 aliphatic carbocycles. The van der Waals surface area contributed by atoms with Gasteiger partial charge in [0.15, 0.2) is 0 Å². The van der Waals surface area contributed by atoms with E-state index in [0.717, 1.165) is 27.9 Å². The zero-order valence-corrected chi connectivity index (χ0v) is 14.4. The topological polar surface area (TPSA) is 88.5 Å². The lowest BCUT2D eigenvalue weighted by Gasteiger charge is -2.26. The fourth-order valence-corrected chi connectivity index (χ4v) is 3.71. The Morgan fingerprint density at radius 2 is 1.96 bits per heavy atom. The number of aromatic nitrogens is 5. The summed E-state index contributed by atoms with van der Waals surface area (Å²) in [5.41, 5.74) is 5.65. The summed E-state index contributed by atoms with van der Waals surface area (Å²) in [5, 5.41) is 18.4. The first kappa shape index (κ1) is 15.7. The van der Waals surface area contributed by atoms with Crippen molar-refractivity contribution in [3.8, 4) is 11.3 Å². The monoisotopic (exact) mass is 362 g/mol. The number of benzene rings is 2. The van der Waals surface area contributed by atoms with E-state index in [1.165, 1.54) is 12.1 Å². The third-order valence-corrected chi connectivity index (χ3v) is 5.02. The second-order valence-electron chi connectivity index (χ2n) is 6.62. The van der Waals surface area contributed by atoms with E-state index in [1.807, 2.05) is 19.2 Å². The van der Waals surface area contributed by atoms with E-state index in [1.54, 1.807) is 23.0 Å². The summed E-state index contributed by atoms with van der Waals surface area (Å²) in [5.74, 6) is -0.567. The van der Waals surface area contributed by atoms with Gasteiger partial charge < -0.3 is 5.32 Å². The van der Waals surface area contributed by atoms with Crippen molar-refractivity contribution >= 4 is 22.6 Å². The normalized spacial score (nSPS) is 16.4. The van der Waals surface area contributed by atoms with Crippen molar-refractivity contribution in [2.24, 2.45) is 7.05 Å². The van der Waals surface area contributed by atoms with Crippen LogP contribution in [0.4, 0.5) is 10.1 Å². The first-order valence-electron chi connectivity index (χ1n) is 8.53. The number of aromatic amines is 1. The third kappa shape index (κ3) is 2.41. The average Bonchev–Trinajstić information content (AvgIpc) is 3.29. The maximum Gasteiger partial charge on any atom is 0.225 e. The summed E-state index contributed by atoms with van der Waals surface area (Å²) in [6.45, 7) is 0. The zero-order chi connectivity index (χ0) is 18.5. The van der Waals surface area contributed by atoms with Gasteiger partial charge in [-0.1, -0.05) is 11.3 Å². The molecule has 7 nitrogen and oxygen atoms in total. The first-order valence-corrected chi connectivity index (χ1v) is 8.53. The minimum Gasteiger partial charge on any atom is -0.324 e. The van der Waals surface area contributed by atoms with Crippen LogP contribution in [0.2, 0.25) is 0 Å². The van der Waals surface area contributed by atoms with Gasteiger partial charge in [-0.3, -0.25) is 9.89 Å². The number of fused-ring (bicyclic) bond motifs is 3. The van der Waals surface area contributed by atoms with E-state index in [0.29, 0.717) is 17.6 Å². The van der Waals surface area contributed by atoms with Crippen LogP contribution in [0.25, 0.3) is 22.3 Å². The molecule has 27 heavy (non-hydrogen) atoms. The number of hydrogen-bond donors (Lipinski definition) is 2. The van der Waals surface area contributed by atoms with Crippen LogP contribution in [0, 0.1) is 5.82 Å². The standard InChI is InChI=1S/C19H15FN6O/c1-26-15-7-6-12-13(8-16(27)22-18(12)19(15)24-25-26)14-9-21-23-17(14)10-2-4-11(20)5-3-10/h2-7,9,13H,8H2,1H3,(H,21,23)(H,22,27). The maximum atomic E-state index is 13.3. The van der Waals surface area contributed by atoms with Crippen LogP contribution in [-0.4, -0.2) is 31.1 Å². The number of aryl methyl sites for hydroxylation is 1. The largest absolute Gasteiger partial charge is 0.324 e. The van der Waals surface area contributed by atoms with Crippen LogP contribution in [-0.2, 0) is 11.8 Å². The number of nitrogens with zero attached hydrogens (tertiary/aromatic N) is 4. The molecule has 2 aromatic heterocycles.